The zero-order valence-electron chi connectivity index (χ0n) is 15.5. The third-order valence-electron chi connectivity index (χ3n) is 4.04. The normalized spacial score (nSPS) is 10.6. The highest BCUT2D eigenvalue weighted by atomic mass is 79.9. The number of thiazole rings is 1. The van der Waals surface area contributed by atoms with Crippen molar-refractivity contribution < 1.29 is 9.53 Å². The number of methoxy groups -OCH3 is 1. The van der Waals surface area contributed by atoms with Crippen LogP contribution in [0.3, 0.4) is 0 Å². The molecular weight excluding hydrogens is 456 g/mol. The quantitative estimate of drug-likeness (QED) is 0.436. The minimum Gasteiger partial charge on any atom is -0.497 e. The lowest BCUT2D eigenvalue weighted by Gasteiger charge is -2.05. The molecule has 1 amide bonds. The van der Waals surface area contributed by atoms with Crippen molar-refractivity contribution in [2.75, 3.05) is 13.7 Å². The van der Waals surface area contributed by atoms with E-state index in [2.05, 4.69) is 38.4 Å². The number of aromatic nitrogens is 1. The summed E-state index contributed by atoms with van der Waals surface area (Å²) in [5.74, 6) is 1.71. The predicted molar refractivity (Wildman–Crippen MR) is 119 cm³/mol. The third kappa shape index (κ3) is 6.65. The first-order chi connectivity index (χ1) is 13.6. The minimum absolute atomic E-state index is 0.00303. The fourth-order valence-corrected chi connectivity index (χ4v) is 4.59. The first-order valence-corrected chi connectivity index (χ1v) is 11.5. The molecule has 0 spiro atoms. The van der Waals surface area contributed by atoms with E-state index in [-0.39, 0.29) is 5.91 Å². The van der Waals surface area contributed by atoms with Crippen LogP contribution in [-0.2, 0) is 23.4 Å². The van der Waals surface area contributed by atoms with Crippen molar-refractivity contribution in [1.82, 2.24) is 10.3 Å². The second-order valence-electron chi connectivity index (χ2n) is 6.14. The van der Waals surface area contributed by atoms with E-state index < -0.39 is 0 Å². The van der Waals surface area contributed by atoms with Crippen LogP contribution < -0.4 is 10.1 Å². The maximum Gasteiger partial charge on any atom is 0.226 e. The largest absolute Gasteiger partial charge is 0.497 e. The number of carbonyl (C=O) groups is 1. The van der Waals surface area contributed by atoms with E-state index >= 15 is 0 Å². The van der Waals surface area contributed by atoms with Crippen LogP contribution in [0.2, 0.25) is 0 Å². The van der Waals surface area contributed by atoms with Crippen molar-refractivity contribution in [2.45, 2.75) is 22.9 Å². The Morgan fingerprint density at radius 1 is 1.14 bits per heavy atom. The maximum atomic E-state index is 12.1. The van der Waals surface area contributed by atoms with Crippen molar-refractivity contribution >= 4 is 44.9 Å². The molecule has 0 unspecified atom stereocenters. The van der Waals surface area contributed by atoms with Crippen LogP contribution in [0.1, 0.15) is 16.8 Å². The standard InChI is InChI=1S/C21H21BrN2O2S2/c1-26-19-8-4-15(5-9-19)10-11-23-20(25)12-18-14-28-21(24-18)27-13-16-2-6-17(22)7-3-16/h2-9,14H,10-13H2,1H3,(H,23,25). The molecule has 0 atom stereocenters. The molecule has 0 fully saturated rings. The van der Waals surface area contributed by atoms with Gasteiger partial charge in [0.05, 0.1) is 19.2 Å². The van der Waals surface area contributed by atoms with Crippen LogP contribution in [0, 0.1) is 0 Å². The molecular formula is C21H21BrN2O2S2. The Morgan fingerprint density at radius 2 is 1.86 bits per heavy atom. The molecule has 28 heavy (non-hydrogen) atoms. The fourth-order valence-electron chi connectivity index (χ4n) is 2.53. The molecule has 0 aliphatic rings. The number of carbonyl (C=O) groups excluding carboxylic acids is 1. The van der Waals surface area contributed by atoms with Crippen LogP contribution in [0.4, 0.5) is 0 Å². The van der Waals surface area contributed by atoms with Crippen molar-refractivity contribution in [3.05, 3.63) is 75.2 Å². The van der Waals surface area contributed by atoms with Gasteiger partial charge in [-0.05, 0) is 41.8 Å². The van der Waals surface area contributed by atoms with E-state index in [0.717, 1.165) is 32.4 Å². The predicted octanol–water partition coefficient (Wildman–Crippen LogP) is 5.11. The number of ether oxygens (including phenoxy) is 1. The lowest BCUT2D eigenvalue weighted by atomic mass is 10.1. The summed E-state index contributed by atoms with van der Waals surface area (Å²) in [6, 6.07) is 16.2. The Balaban J connectivity index is 1.39. The molecule has 1 heterocycles. The van der Waals surface area contributed by atoms with E-state index in [1.54, 1.807) is 30.2 Å². The van der Waals surface area contributed by atoms with E-state index in [0.29, 0.717) is 13.0 Å². The topological polar surface area (TPSA) is 51.2 Å². The van der Waals surface area contributed by atoms with Crippen molar-refractivity contribution in [2.24, 2.45) is 0 Å². The van der Waals surface area contributed by atoms with Gasteiger partial charge in [-0.15, -0.1) is 11.3 Å². The molecule has 4 nitrogen and oxygen atoms in total. The number of nitrogens with zero attached hydrogens (tertiary/aromatic N) is 1. The van der Waals surface area contributed by atoms with Gasteiger partial charge in [0.2, 0.25) is 5.91 Å². The Hall–Kier alpha value is -1.83. The molecule has 0 radical (unpaired) electrons. The number of hydrogen-bond acceptors (Lipinski definition) is 5. The summed E-state index contributed by atoms with van der Waals surface area (Å²) in [4.78, 5) is 16.7. The Kier molecular flexibility index (Phi) is 7.94. The fraction of sp³-hybridized carbons (Fsp3) is 0.238. The van der Waals surface area contributed by atoms with Gasteiger partial charge < -0.3 is 10.1 Å². The molecule has 3 aromatic rings. The van der Waals surface area contributed by atoms with Gasteiger partial charge in [0, 0.05) is 22.2 Å². The first-order valence-electron chi connectivity index (χ1n) is 8.83. The summed E-state index contributed by atoms with van der Waals surface area (Å²) < 4.78 is 7.22. The van der Waals surface area contributed by atoms with Gasteiger partial charge in [-0.3, -0.25) is 4.79 Å². The molecule has 0 bridgehead atoms. The van der Waals surface area contributed by atoms with Gasteiger partial charge in [-0.2, -0.15) is 0 Å². The molecule has 7 heteroatoms. The molecule has 0 saturated carbocycles. The average Bonchev–Trinajstić information content (AvgIpc) is 3.15. The van der Waals surface area contributed by atoms with Gasteiger partial charge in [0.15, 0.2) is 0 Å². The van der Waals surface area contributed by atoms with E-state index in [1.807, 2.05) is 41.8 Å². The SMILES string of the molecule is COc1ccc(CCNC(=O)Cc2csc(SCc3ccc(Br)cc3)n2)cc1. The van der Waals surface area contributed by atoms with Gasteiger partial charge in [-0.25, -0.2) is 4.98 Å². The Labute approximate surface area is 181 Å². The molecule has 2 aromatic carbocycles. The molecule has 1 N–H and O–H groups in total. The highest BCUT2D eigenvalue weighted by molar-refractivity contribution is 9.10. The smallest absolute Gasteiger partial charge is 0.226 e. The molecule has 0 aliphatic carbocycles. The van der Waals surface area contributed by atoms with E-state index in [4.69, 9.17) is 4.74 Å². The van der Waals surface area contributed by atoms with Gasteiger partial charge >= 0.3 is 0 Å². The highest BCUT2D eigenvalue weighted by Crippen LogP contribution is 2.27. The minimum atomic E-state index is 0.00303. The van der Waals surface area contributed by atoms with Crippen LogP contribution in [0.15, 0.2) is 62.7 Å². The number of hydrogen-bond donors (Lipinski definition) is 1. The molecule has 0 saturated heterocycles. The van der Waals surface area contributed by atoms with Crippen LogP contribution in [-0.4, -0.2) is 24.5 Å². The number of thioether (sulfide) groups is 1. The number of amides is 1. The Morgan fingerprint density at radius 3 is 2.57 bits per heavy atom. The monoisotopic (exact) mass is 476 g/mol. The summed E-state index contributed by atoms with van der Waals surface area (Å²) in [5.41, 5.74) is 3.24. The Bertz CT molecular complexity index is 896. The second kappa shape index (κ2) is 10.6. The van der Waals surface area contributed by atoms with Crippen molar-refractivity contribution in [3.8, 4) is 5.75 Å². The lowest BCUT2D eigenvalue weighted by molar-refractivity contribution is -0.120. The molecule has 3 rings (SSSR count). The van der Waals surface area contributed by atoms with Crippen LogP contribution in [0.25, 0.3) is 0 Å². The summed E-state index contributed by atoms with van der Waals surface area (Å²) in [6.45, 7) is 0.612. The highest BCUT2D eigenvalue weighted by Gasteiger charge is 2.08. The second-order valence-corrected chi connectivity index (χ2v) is 9.14. The molecule has 1 aromatic heterocycles. The zero-order chi connectivity index (χ0) is 19.8. The lowest BCUT2D eigenvalue weighted by Crippen LogP contribution is -2.27. The molecule has 0 aliphatic heterocycles. The molecule has 146 valence electrons. The summed E-state index contributed by atoms with van der Waals surface area (Å²) in [6.07, 6.45) is 1.11. The van der Waals surface area contributed by atoms with Gasteiger partial charge in [0.25, 0.3) is 0 Å². The zero-order valence-corrected chi connectivity index (χ0v) is 18.7. The van der Waals surface area contributed by atoms with E-state index in [1.165, 1.54) is 11.1 Å². The maximum absolute atomic E-state index is 12.1. The average molecular weight is 477 g/mol. The number of rotatable bonds is 9. The van der Waals surface area contributed by atoms with Crippen LogP contribution in [0.5, 0.6) is 5.75 Å². The number of benzene rings is 2. The summed E-state index contributed by atoms with van der Waals surface area (Å²) >= 11 is 6.73. The van der Waals surface area contributed by atoms with Crippen molar-refractivity contribution in [3.63, 3.8) is 0 Å². The van der Waals surface area contributed by atoms with Crippen LogP contribution >= 0.6 is 39.0 Å². The van der Waals surface area contributed by atoms with Crippen molar-refractivity contribution in [1.29, 1.82) is 0 Å². The number of nitrogens with one attached hydrogen (secondary N) is 1. The van der Waals surface area contributed by atoms with E-state index in [9.17, 15) is 4.79 Å². The first kappa shape index (κ1) is 20.9. The third-order valence-corrected chi connectivity index (χ3v) is 6.71. The summed E-state index contributed by atoms with van der Waals surface area (Å²) in [7, 11) is 1.65. The van der Waals surface area contributed by atoms with Gasteiger partial charge in [-0.1, -0.05) is 52.0 Å². The van der Waals surface area contributed by atoms with Gasteiger partial charge in [0.1, 0.15) is 10.1 Å². The summed E-state index contributed by atoms with van der Waals surface area (Å²) in [5, 5.41) is 4.93. The number of halogens is 1.